The van der Waals surface area contributed by atoms with E-state index in [4.69, 9.17) is 4.74 Å². The SMILES string of the molecule is CCOC(=O)c1ccccc1NC(=O)c1cc(Nc2cccc(C)c2)nc(C)n1. The Hall–Kier alpha value is -3.74. The molecule has 1 heterocycles. The number of para-hydroxylation sites is 1. The highest BCUT2D eigenvalue weighted by Gasteiger charge is 2.16. The summed E-state index contributed by atoms with van der Waals surface area (Å²) in [5, 5.41) is 5.92. The number of carbonyl (C=O) groups excluding carboxylic acids is 2. The van der Waals surface area contributed by atoms with E-state index in [-0.39, 0.29) is 17.9 Å². The topological polar surface area (TPSA) is 93.2 Å². The van der Waals surface area contributed by atoms with Crippen LogP contribution >= 0.6 is 0 Å². The molecule has 1 aromatic heterocycles. The third-order valence-corrected chi connectivity index (χ3v) is 4.03. The summed E-state index contributed by atoms with van der Waals surface area (Å²) in [6, 6.07) is 16.1. The van der Waals surface area contributed by atoms with Gasteiger partial charge in [0.1, 0.15) is 17.3 Å². The highest BCUT2D eigenvalue weighted by molar-refractivity contribution is 6.07. The number of ether oxygens (including phenoxy) is 1. The Morgan fingerprint density at radius 1 is 1.00 bits per heavy atom. The maximum atomic E-state index is 12.8. The van der Waals surface area contributed by atoms with Crippen LogP contribution in [-0.2, 0) is 4.74 Å². The van der Waals surface area contributed by atoms with Crippen molar-refractivity contribution in [3.63, 3.8) is 0 Å². The normalized spacial score (nSPS) is 10.3. The van der Waals surface area contributed by atoms with Crippen LogP contribution in [0.1, 0.15) is 39.2 Å². The van der Waals surface area contributed by atoms with Crippen molar-refractivity contribution in [2.75, 3.05) is 17.2 Å². The van der Waals surface area contributed by atoms with Crippen molar-refractivity contribution >= 4 is 29.1 Å². The van der Waals surface area contributed by atoms with Gasteiger partial charge in [0, 0.05) is 11.8 Å². The molecule has 0 atom stereocenters. The quantitative estimate of drug-likeness (QED) is 0.611. The minimum Gasteiger partial charge on any atom is -0.462 e. The van der Waals surface area contributed by atoms with E-state index in [0.29, 0.717) is 17.3 Å². The lowest BCUT2D eigenvalue weighted by Gasteiger charge is -2.12. The largest absolute Gasteiger partial charge is 0.462 e. The van der Waals surface area contributed by atoms with Crippen molar-refractivity contribution in [1.29, 1.82) is 0 Å². The number of amides is 1. The Bertz CT molecular complexity index is 1050. The van der Waals surface area contributed by atoms with Gasteiger partial charge in [-0.25, -0.2) is 14.8 Å². The molecule has 148 valence electrons. The number of esters is 1. The number of hydrogen-bond donors (Lipinski definition) is 2. The van der Waals surface area contributed by atoms with Crippen LogP contribution in [0.2, 0.25) is 0 Å². The second-order valence-electron chi connectivity index (χ2n) is 6.40. The molecule has 0 aliphatic rings. The van der Waals surface area contributed by atoms with E-state index in [9.17, 15) is 9.59 Å². The van der Waals surface area contributed by atoms with E-state index in [1.807, 2.05) is 31.2 Å². The van der Waals surface area contributed by atoms with Gasteiger partial charge < -0.3 is 15.4 Å². The highest BCUT2D eigenvalue weighted by atomic mass is 16.5. The summed E-state index contributed by atoms with van der Waals surface area (Å²) < 4.78 is 5.04. The summed E-state index contributed by atoms with van der Waals surface area (Å²) >= 11 is 0. The van der Waals surface area contributed by atoms with E-state index in [1.165, 1.54) is 0 Å². The van der Waals surface area contributed by atoms with Gasteiger partial charge in [-0.15, -0.1) is 0 Å². The molecule has 29 heavy (non-hydrogen) atoms. The molecule has 0 saturated heterocycles. The van der Waals surface area contributed by atoms with Gasteiger partial charge in [0.2, 0.25) is 0 Å². The zero-order valence-corrected chi connectivity index (χ0v) is 16.5. The lowest BCUT2D eigenvalue weighted by atomic mass is 10.1. The standard InChI is InChI=1S/C22H22N4O3/c1-4-29-22(28)17-10-5-6-11-18(17)26-21(27)19-13-20(24-15(3)23-19)25-16-9-7-8-14(2)12-16/h5-13H,4H2,1-3H3,(H,26,27)(H,23,24,25). The highest BCUT2D eigenvalue weighted by Crippen LogP contribution is 2.19. The maximum absolute atomic E-state index is 12.8. The molecule has 7 nitrogen and oxygen atoms in total. The second kappa shape index (κ2) is 8.97. The molecule has 0 bridgehead atoms. The smallest absolute Gasteiger partial charge is 0.340 e. The molecule has 0 fully saturated rings. The van der Waals surface area contributed by atoms with Gasteiger partial charge in [-0.1, -0.05) is 24.3 Å². The van der Waals surface area contributed by atoms with E-state index in [0.717, 1.165) is 11.3 Å². The molecule has 7 heteroatoms. The predicted molar refractivity (Wildman–Crippen MR) is 112 cm³/mol. The minimum absolute atomic E-state index is 0.186. The third kappa shape index (κ3) is 5.16. The first-order chi connectivity index (χ1) is 14.0. The molecule has 1 amide bonds. The lowest BCUT2D eigenvalue weighted by molar-refractivity contribution is 0.0527. The number of aryl methyl sites for hydroxylation is 2. The van der Waals surface area contributed by atoms with Gasteiger partial charge in [0.25, 0.3) is 5.91 Å². The number of nitrogens with one attached hydrogen (secondary N) is 2. The Kier molecular flexibility index (Phi) is 6.19. The van der Waals surface area contributed by atoms with E-state index in [2.05, 4.69) is 20.6 Å². The van der Waals surface area contributed by atoms with E-state index < -0.39 is 11.9 Å². The van der Waals surface area contributed by atoms with Crippen LogP contribution in [0.25, 0.3) is 0 Å². The lowest BCUT2D eigenvalue weighted by Crippen LogP contribution is -2.18. The number of benzene rings is 2. The fraction of sp³-hybridized carbons (Fsp3) is 0.182. The van der Waals surface area contributed by atoms with Crippen LogP contribution in [0.15, 0.2) is 54.6 Å². The van der Waals surface area contributed by atoms with Crippen LogP contribution in [0.3, 0.4) is 0 Å². The molecular formula is C22H22N4O3. The zero-order chi connectivity index (χ0) is 20.8. The second-order valence-corrected chi connectivity index (χ2v) is 6.40. The molecule has 0 saturated carbocycles. The van der Waals surface area contributed by atoms with E-state index >= 15 is 0 Å². The molecule has 0 aliphatic heterocycles. The van der Waals surface area contributed by atoms with Gasteiger partial charge in [0.05, 0.1) is 17.9 Å². The monoisotopic (exact) mass is 390 g/mol. The summed E-state index contributed by atoms with van der Waals surface area (Å²) in [5.41, 5.74) is 2.80. The Balaban J connectivity index is 1.83. The Morgan fingerprint density at radius 2 is 1.79 bits per heavy atom. The van der Waals surface area contributed by atoms with Gasteiger partial charge in [-0.2, -0.15) is 0 Å². The van der Waals surface area contributed by atoms with Crippen molar-refractivity contribution in [1.82, 2.24) is 9.97 Å². The first-order valence-corrected chi connectivity index (χ1v) is 9.23. The summed E-state index contributed by atoms with van der Waals surface area (Å²) in [4.78, 5) is 33.5. The predicted octanol–water partition coefficient (Wildman–Crippen LogP) is 4.27. The maximum Gasteiger partial charge on any atom is 0.340 e. The van der Waals surface area contributed by atoms with Crippen LogP contribution in [-0.4, -0.2) is 28.5 Å². The molecule has 0 radical (unpaired) electrons. The van der Waals surface area contributed by atoms with Crippen LogP contribution < -0.4 is 10.6 Å². The molecule has 0 aliphatic carbocycles. The van der Waals surface area contributed by atoms with Crippen LogP contribution in [0.5, 0.6) is 0 Å². The van der Waals surface area contributed by atoms with Crippen molar-refractivity contribution in [3.8, 4) is 0 Å². The third-order valence-electron chi connectivity index (χ3n) is 4.03. The molecule has 0 spiro atoms. The number of hydrogen-bond acceptors (Lipinski definition) is 6. The number of rotatable bonds is 6. The van der Waals surface area contributed by atoms with Crippen molar-refractivity contribution in [3.05, 3.63) is 77.2 Å². The molecule has 2 aromatic carbocycles. The molecule has 2 N–H and O–H groups in total. The zero-order valence-electron chi connectivity index (χ0n) is 16.5. The number of nitrogens with zero attached hydrogens (tertiary/aromatic N) is 2. The van der Waals surface area contributed by atoms with Crippen molar-refractivity contribution < 1.29 is 14.3 Å². The number of anilines is 3. The average Bonchev–Trinajstić information content (AvgIpc) is 2.68. The summed E-state index contributed by atoms with van der Waals surface area (Å²) in [6.07, 6.45) is 0. The molecule has 0 unspecified atom stereocenters. The minimum atomic E-state index is -0.496. The summed E-state index contributed by atoms with van der Waals surface area (Å²) in [6.45, 7) is 5.69. The van der Waals surface area contributed by atoms with Crippen LogP contribution in [0, 0.1) is 13.8 Å². The molecular weight excluding hydrogens is 368 g/mol. The average molecular weight is 390 g/mol. The Morgan fingerprint density at radius 3 is 2.55 bits per heavy atom. The number of aromatic nitrogens is 2. The summed E-state index contributed by atoms with van der Waals surface area (Å²) in [7, 11) is 0. The first kappa shape index (κ1) is 20.0. The van der Waals surface area contributed by atoms with Crippen molar-refractivity contribution in [2.24, 2.45) is 0 Å². The van der Waals surface area contributed by atoms with Gasteiger partial charge in [0.15, 0.2) is 0 Å². The fourth-order valence-electron chi connectivity index (χ4n) is 2.78. The van der Waals surface area contributed by atoms with Gasteiger partial charge >= 0.3 is 5.97 Å². The first-order valence-electron chi connectivity index (χ1n) is 9.23. The van der Waals surface area contributed by atoms with Crippen LogP contribution in [0.4, 0.5) is 17.2 Å². The molecule has 3 rings (SSSR count). The van der Waals surface area contributed by atoms with Gasteiger partial charge in [-0.05, 0) is 50.6 Å². The van der Waals surface area contributed by atoms with Gasteiger partial charge in [-0.3, -0.25) is 4.79 Å². The Labute approximate surface area is 169 Å². The fourth-order valence-corrected chi connectivity index (χ4v) is 2.78. The number of carbonyl (C=O) groups is 2. The summed E-state index contributed by atoms with van der Waals surface area (Å²) in [5.74, 6) is 0.0158. The molecule has 3 aromatic rings. The van der Waals surface area contributed by atoms with E-state index in [1.54, 1.807) is 44.2 Å². The van der Waals surface area contributed by atoms with Crippen molar-refractivity contribution in [2.45, 2.75) is 20.8 Å².